The van der Waals surface area contributed by atoms with E-state index in [0.717, 1.165) is 11.3 Å². The van der Waals surface area contributed by atoms with E-state index in [4.69, 9.17) is 0 Å². The number of rotatable bonds is 5. The highest BCUT2D eigenvalue weighted by Gasteiger charge is 2.39. The van der Waals surface area contributed by atoms with Crippen LogP contribution in [-0.2, 0) is 5.54 Å². The van der Waals surface area contributed by atoms with Crippen LogP contribution in [0.1, 0.15) is 16.7 Å². The van der Waals surface area contributed by atoms with Gasteiger partial charge in [-0.2, -0.15) is 0 Å². The minimum atomic E-state index is -0.564. The van der Waals surface area contributed by atoms with Crippen LogP contribution in [0.4, 0.5) is 0 Å². The number of aromatic nitrogens is 2. The lowest BCUT2D eigenvalue weighted by Gasteiger charge is -2.38. The summed E-state index contributed by atoms with van der Waals surface area (Å²) in [6.45, 7) is 0. The van der Waals surface area contributed by atoms with Crippen molar-refractivity contribution in [3.05, 3.63) is 151 Å². The van der Waals surface area contributed by atoms with Gasteiger partial charge in [0, 0.05) is 5.56 Å². The van der Waals surface area contributed by atoms with Gasteiger partial charge in [-0.15, -0.1) is 0 Å². The molecule has 5 rings (SSSR count). The van der Waals surface area contributed by atoms with Crippen molar-refractivity contribution in [1.29, 1.82) is 0 Å². The van der Waals surface area contributed by atoms with Gasteiger partial charge in [-0.25, -0.2) is 4.98 Å². The third kappa shape index (κ3) is 2.94. The Morgan fingerprint density at radius 1 is 0.633 bits per heavy atom. The van der Waals surface area contributed by atoms with Crippen LogP contribution in [0.25, 0.3) is 11.3 Å². The van der Waals surface area contributed by atoms with Crippen LogP contribution in [0, 0.1) is 6.07 Å². The van der Waals surface area contributed by atoms with Crippen molar-refractivity contribution in [3.63, 3.8) is 0 Å². The fourth-order valence-corrected chi connectivity index (χ4v) is 4.28. The molecular weight excluding hydrogens is 364 g/mol. The van der Waals surface area contributed by atoms with Crippen molar-refractivity contribution in [1.82, 2.24) is 9.55 Å². The summed E-state index contributed by atoms with van der Waals surface area (Å²) in [6.07, 6.45) is 3.88. The zero-order valence-electron chi connectivity index (χ0n) is 16.5. The molecule has 0 saturated heterocycles. The van der Waals surface area contributed by atoms with E-state index in [1.54, 1.807) is 0 Å². The van der Waals surface area contributed by atoms with Gasteiger partial charge in [0.25, 0.3) is 0 Å². The molecule has 143 valence electrons. The van der Waals surface area contributed by atoms with Gasteiger partial charge >= 0.3 is 0 Å². The van der Waals surface area contributed by atoms with Crippen molar-refractivity contribution in [3.8, 4) is 11.3 Å². The van der Waals surface area contributed by atoms with E-state index in [9.17, 15) is 0 Å². The highest BCUT2D eigenvalue weighted by Crippen LogP contribution is 2.43. The molecule has 0 aliphatic carbocycles. The highest BCUT2D eigenvalue weighted by molar-refractivity contribution is 5.62. The SMILES string of the molecule is [c]1cccc(-c2cncn2C(c2ccccc2)(c2ccccc2)c2ccccc2)c1. The molecule has 4 aromatic carbocycles. The monoisotopic (exact) mass is 385 g/mol. The topological polar surface area (TPSA) is 17.8 Å². The van der Waals surface area contributed by atoms with Crippen molar-refractivity contribution in [2.24, 2.45) is 0 Å². The smallest absolute Gasteiger partial charge is 0.122 e. The molecule has 0 aliphatic heterocycles. The Labute approximate surface area is 177 Å². The largest absolute Gasteiger partial charge is 0.312 e. The van der Waals surface area contributed by atoms with Crippen LogP contribution in [0.3, 0.4) is 0 Å². The lowest BCUT2D eigenvalue weighted by molar-refractivity contribution is 0.519. The van der Waals surface area contributed by atoms with Gasteiger partial charge < -0.3 is 4.57 Å². The molecule has 30 heavy (non-hydrogen) atoms. The molecule has 0 fully saturated rings. The maximum Gasteiger partial charge on any atom is 0.122 e. The van der Waals surface area contributed by atoms with Gasteiger partial charge in [-0.3, -0.25) is 0 Å². The van der Waals surface area contributed by atoms with Crippen LogP contribution in [0.15, 0.2) is 128 Å². The number of benzene rings is 4. The molecule has 0 amide bonds. The van der Waals surface area contributed by atoms with E-state index in [0.29, 0.717) is 0 Å². The van der Waals surface area contributed by atoms with Crippen LogP contribution >= 0.6 is 0 Å². The standard InChI is InChI=1S/C28H21N2/c1-5-13-23(14-6-1)27-21-29-22-30(27)28(24-15-7-2-8-16-24,25-17-9-3-10-18-25)26-19-11-4-12-20-26/h1-5,7-22H. The fraction of sp³-hybridized carbons (Fsp3) is 0.0357. The Balaban J connectivity index is 1.91. The minimum absolute atomic E-state index is 0.564. The molecular formula is C28H21N2. The van der Waals surface area contributed by atoms with Crippen molar-refractivity contribution in [2.75, 3.05) is 0 Å². The Morgan fingerprint density at radius 2 is 1.17 bits per heavy atom. The predicted octanol–water partition coefficient (Wildman–Crippen LogP) is 6.19. The van der Waals surface area contributed by atoms with E-state index in [-0.39, 0.29) is 0 Å². The predicted molar refractivity (Wildman–Crippen MR) is 121 cm³/mol. The molecule has 1 aromatic heterocycles. The normalized spacial score (nSPS) is 11.3. The van der Waals surface area contributed by atoms with Gasteiger partial charge in [-0.1, -0.05) is 109 Å². The first-order valence-corrected chi connectivity index (χ1v) is 10.1. The van der Waals surface area contributed by atoms with Crippen LogP contribution in [-0.4, -0.2) is 9.55 Å². The maximum atomic E-state index is 4.59. The molecule has 0 aliphatic rings. The highest BCUT2D eigenvalue weighted by atomic mass is 15.1. The van der Waals surface area contributed by atoms with Gasteiger partial charge in [-0.05, 0) is 28.8 Å². The summed E-state index contributed by atoms with van der Waals surface area (Å²) in [5, 5.41) is 0. The Hall–Kier alpha value is -3.91. The first kappa shape index (κ1) is 18.1. The van der Waals surface area contributed by atoms with Crippen molar-refractivity contribution < 1.29 is 0 Å². The Kier molecular flexibility index (Phi) is 4.74. The van der Waals surface area contributed by atoms with E-state index in [1.807, 2.05) is 30.7 Å². The molecule has 1 heterocycles. The summed E-state index contributed by atoms with van der Waals surface area (Å²) >= 11 is 0. The number of imidazole rings is 1. The second-order valence-corrected chi connectivity index (χ2v) is 7.25. The zero-order chi connectivity index (χ0) is 20.2. The minimum Gasteiger partial charge on any atom is -0.312 e. The molecule has 2 heteroatoms. The molecule has 0 N–H and O–H groups in total. The number of hydrogen-bond donors (Lipinski definition) is 0. The average Bonchev–Trinajstić information content (AvgIpc) is 3.33. The lowest BCUT2D eigenvalue weighted by atomic mass is 9.76. The Morgan fingerprint density at radius 3 is 1.63 bits per heavy atom. The van der Waals surface area contributed by atoms with E-state index in [2.05, 4.69) is 113 Å². The maximum absolute atomic E-state index is 4.59. The molecule has 0 spiro atoms. The van der Waals surface area contributed by atoms with E-state index < -0.39 is 5.54 Å². The number of nitrogens with zero attached hydrogens (tertiary/aromatic N) is 2. The van der Waals surface area contributed by atoms with Crippen LogP contribution in [0.5, 0.6) is 0 Å². The van der Waals surface area contributed by atoms with E-state index in [1.165, 1.54) is 16.7 Å². The van der Waals surface area contributed by atoms with Gasteiger partial charge in [0.1, 0.15) is 5.54 Å². The van der Waals surface area contributed by atoms with Gasteiger partial charge in [0.2, 0.25) is 0 Å². The lowest BCUT2D eigenvalue weighted by Crippen LogP contribution is -2.37. The quantitative estimate of drug-likeness (QED) is 0.330. The summed E-state index contributed by atoms with van der Waals surface area (Å²) in [7, 11) is 0. The summed E-state index contributed by atoms with van der Waals surface area (Å²) in [4.78, 5) is 4.59. The molecule has 0 saturated carbocycles. The fourth-order valence-electron chi connectivity index (χ4n) is 4.28. The first-order chi connectivity index (χ1) is 14.9. The van der Waals surface area contributed by atoms with Crippen molar-refractivity contribution >= 4 is 0 Å². The number of hydrogen-bond acceptors (Lipinski definition) is 1. The third-order valence-corrected chi connectivity index (χ3v) is 5.58. The molecule has 5 aromatic rings. The van der Waals surface area contributed by atoms with Gasteiger partial charge in [0.05, 0.1) is 18.2 Å². The Bertz CT molecular complexity index is 1110. The summed E-state index contributed by atoms with van der Waals surface area (Å²) < 4.78 is 2.29. The third-order valence-electron chi connectivity index (χ3n) is 5.58. The molecule has 0 bridgehead atoms. The molecule has 1 radical (unpaired) electrons. The molecule has 0 atom stereocenters. The molecule has 2 nitrogen and oxygen atoms in total. The van der Waals surface area contributed by atoms with Crippen molar-refractivity contribution in [2.45, 2.75) is 5.54 Å². The summed E-state index contributed by atoms with van der Waals surface area (Å²) in [5.74, 6) is 0. The van der Waals surface area contributed by atoms with Crippen LogP contribution < -0.4 is 0 Å². The summed E-state index contributed by atoms with van der Waals surface area (Å²) in [6, 6.07) is 43.2. The first-order valence-electron chi connectivity index (χ1n) is 10.1. The van der Waals surface area contributed by atoms with Gasteiger partial charge in [0.15, 0.2) is 0 Å². The average molecular weight is 385 g/mol. The molecule has 0 unspecified atom stereocenters. The van der Waals surface area contributed by atoms with E-state index >= 15 is 0 Å². The van der Waals surface area contributed by atoms with Crippen LogP contribution in [0.2, 0.25) is 0 Å². The summed E-state index contributed by atoms with van der Waals surface area (Å²) in [5.41, 5.74) is 5.11. The second kappa shape index (κ2) is 7.84. The zero-order valence-corrected chi connectivity index (χ0v) is 16.5. The second-order valence-electron chi connectivity index (χ2n) is 7.25.